The van der Waals surface area contributed by atoms with Gasteiger partial charge < -0.3 is 9.88 Å². The molecule has 3 heteroatoms. The lowest BCUT2D eigenvalue weighted by Crippen LogP contribution is -2.22. The highest BCUT2D eigenvalue weighted by Gasteiger charge is 2.11. The molecule has 3 aromatic carbocycles. The fourth-order valence-electron chi connectivity index (χ4n) is 3.76. The number of carbonyl (C=O) groups is 1. The average molecular weight is 383 g/mol. The van der Waals surface area contributed by atoms with Crippen LogP contribution in [0.25, 0.3) is 10.9 Å². The standard InChI is InChI=1S/C26H26N2O/c1-20-9-5-6-12-22(20)18-28-19-23(24-13-7-8-14-25(24)28)15-16-26(29)27-17-21-10-3-2-4-11-21/h2-14,19H,15-18H2,1H3,(H,27,29). The van der Waals surface area contributed by atoms with E-state index in [0.717, 1.165) is 18.5 Å². The van der Waals surface area contributed by atoms with E-state index in [1.54, 1.807) is 0 Å². The van der Waals surface area contributed by atoms with Crippen LogP contribution in [0.5, 0.6) is 0 Å². The molecule has 3 nitrogen and oxygen atoms in total. The average Bonchev–Trinajstić information content (AvgIpc) is 3.11. The Morgan fingerprint density at radius 2 is 1.59 bits per heavy atom. The van der Waals surface area contributed by atoms with Gasteiger partial charge in [0.15, 0.2) is 0 Å². The lowest BCUT2D eigenvalue weighted by atomic mass is 10.1. The van der Waals surface area contributed by atoms with E-state index in [0.29, 0.717) is 13.0 Å². The predicted molar refractivity (Wildman–Crippen MR) is 119 cm³/mol. The molecule has 4 aromatic rings. The van der Waals surface area contributed by atoms with Crippen LogP contribution in [-0.4, -0.2) is 10.5 Å². The molecule has 0 atom stereocenters. The van der Waals surface area contributed by atoms with Crippen molar-refractivity contribution < 1.29 is 4.79 Å². The Morgan fingerprint density at radius 3 is 2.41 bits per heavy atom. The Balaban J connectivity index is 1.46. The summed E-state index contributed by atoms with van der Waals surface area (Å²) in [5, 5.41) is 4.26. The van der Waals surface area contributed by atoms with Crippen molar-refractivity contribution in [3.8, 4) is 0 Å². The Kier molecular flexibility index (Phi) is 5.76. The minimum atomic E-state index is 0.0876. The molecule has 4 rings (SSSR count). The van der Waals surface area contributed by atoms with Gasteiger partial charge in [-0.2, -0.15) is 0 Å². The largest absolute Gasteiger partial charge is 0.352 e. The number of benzene rings is 3. The quantitative estimate of drug-likeness (QED) is 0.465. The predicted octanol–water partition coefficient (Wildman–Crippen LogP) is 5.25. The van der Waals surface area contributed by atoms with Crippen molar-refractivity contribution in [3.05, 3.63) is 107 Å². The fraction of sp³-hybridized carbons (Fsp3) is 0.192. The molecular weight excluding hydrogens is 356 g/mol. The lowest BCUT2D eigenvalue weighted by Gasteiger charge is -2.08. The first kappa shape index (κ1) is 19.0. The SMILES string of the molecule is Cc1ccccc1Cn1cc(CCC(=O)NCc2ccccc2)c2ccccc21. The molecule has 1 heterocycles. The molecule has 1 amide bonds. The van der Waals surface area contributed by atoms with Gasteiger partial charge in [-0.25, -0.2) is 0 Å². The van der Waals surface area contributed by atoms with Crippen LogP contribution < -0.4 is 5.32 Å². The Labute approximate surface area is 172 Å². The minimum absolute atomic E-state index is 0.0876. The number of para-hydroxylation sites is 1. The molecule has 0 spiro atoms. The zero-order valence-electron chi connectivity index (χ0n) is 16.8. The number of hydrogen-bond acceptors (Lipinski definition) is 1. The summed E-state index contributed by atoms with van der Waals surface area (Å²) >= 11 is 0. The Morgan fingerprint density at radius 1 is 0.862 bits per heavy atom. The van der Waals surface area contributed by atoms with Gasteiger partial charge in [-0.1, -0.05) is 72.8 Å². The molecule has 0 aliphatic rings. The summed E-state index contributed by atoms with van der Waals surface area (Å²) in [5.74, 6) is 0.0876. The van der Waals surface area contributed by atoms with Gasteiger partial charge in [0.1, 0.15) is 0 Å². The molecule has 146 valence electrons. The second-order valence-corrected chi connectivity index (χ2v) is 7.49. The molecular formula is C26H26N2O. The summed E-state index contributed by atoms with van der Waals surface area (Å²) in [7, 11) is 0. The minimum Gasteiger partial charge on any atom is -0.352 e. The van der Waals surface area contributed by atoms with Crippen LogP contribution in [0, 0.1) is 6.92 Å². The molecule has 0 bridgehead atoms. The van der Waals surface area contributed by atoms with Crippen molar-refractivity contribution >= 4 is 16.8 Å². The Hall–Kier alpha value is -3.33. The van der Waals surface area contributed by atoms with Crippen LogP contribution in [0.3, 0.4) is 0 Å². The number of nitrogens with one attached hydrogen (secondary N) is 1. The summed E-state index contributed by atoms with van der Waals surface area (Å²) < 4.78 is 2.30. The summed E-state index contributed by atoms with van der Waals surface area (Å²) in [6, 6.07) is 27.0. The van der Waals surface area contributed by atoms with E-state index in [9.17, 15) is 4.79 Å². The second-order valence-electron chi connectivity index (χ2n) is 7.49. The maximum atomic E-state index is 12.4. The highest BCUT2D eigenvalue weighted by molar-refractivity contribution is 5.85. The molecule has 0 unspecified atom stereocenters. The van der Waals surface area contributed by atoms with Crippen molar-refractivity contribution in [1.82, 2.24) is 9.88 Å². The topological polar surface area (TPSA) is 34.0 Å². The zero-order chi connectivity index (χ0) is 20.1. The van der Waals surface area contributed by atoms with E-state index in [1.807, 2.05) is 30.3 Å². The molecule has 0 saturated carbocycles. The van der Waals surface area contributed by atoms with Gasteiger partial charge in [0, 0.05) is 36.6 Å². The van der Waals surface area contributed by atoms with Crippen LogP contribution in [-0.2, 0) is 24.3 Å². The van der Waals surface area contributed by atoms with Crippen LogP contribution >= 0.6 is 0 Å². The molecule has 0 saturated heterocycles. The highest BCUT2D eigenvalue weighted by Crippen LogP contribution is 2.24. The third-order valence-corrected chi connectivity index (χ3v) is 5.43. The van der Waals surface area contributed by atoms with Gasteiger partial charge in [-0.3, -0.25) is 4.79 Å². The highest BCUT2D eigenvalue weighted by atomic mass is 16.1. The lowest BCUT2D eigenvalue weighted by molar-refractivity contribution is -0.121. The molecule has 0 fully saturated rings. The number of amides is 1. The molecule has 0 radical (unpaired) electrons. The van der Waals surface area contributed by atoms with Crippen molar-refractivity contribution in [1.29, 1.82) is 0 Å². The maximum Gasteiger partial charge on any atom is 0.220 e. The van der Waals surface area contributed by atoms with Gasteiger partial charge in [0.05, 0.1) is 0 Å². The van der Waals surface area contributed by atoms with E-state index < -0.39 is 0 Å². The van der Waals surface area contributed by atoms with E-state index in [1.165, 1.54) is 27.6 Å². The van der Waals surface area contributed by atoms with Gasteiger partial charge in [-0.05, 0) is 41.7 Å². The summed E-state index contributed by atoms with van der Waals surface area (Å²) in [5.41, 5.74) is 6.18. The third kappa shape index (κ3) is 4.57. The number of rotatable bonds is 7. The molecule has 29 heavy (non-hydrogen) atoms. The number of aromatic nitrogens is 1. The number of nitrogens with zero attached hydrogens (tertiary/aromatic N) is 1. The second kappa shape index (κ2) is 8.78. The van der Waals surface area contributed by atoms with Gasteiger partial charge in [0.2, 0.25) is 5.91 Å². The maximum absolute atomic E-state index is 12.4. The monoisotopic (exact) mass is 382 g/mol. The van der Waals surface area contributed by atoms with Crippen molar-refractivity contribution in [2.45, 2.75) is 32.9 Å². The van der Waals surface area contributed by atoms with E-state index in [-0.39, 0.29) is 5.91 Å². The number of carbonyl (C=O) groups excluding carboxylic acids is 1. The Bertz CT molecular complexity index is 1110. The third-order valence-electron chi connectivity index (χ3n) is 5.43. The van der Waals surface area contributed by atoms with E-state index in [2.05, 4.69) is 71.5 Å². The number of aryl methyl sites for hydroxylation is 2. The normalized spacial score (nSPS) is 10.9. The number of fused-ring (bicyclic) bond motifs is 1. The van der Waals surface area contributed by atoms with Crippen LogP contribution in [0.2, 0.25) is 0 Å². The smallest absolute Gasteiger partial charge is 0.220 e. The van der Waals surface area contributed by atoms with Crippen molar-refractivity contribution in [2.75, 3.05) is 0 Å². The van der Waals surface area contributed by atoms with E-state index in [4.69, 9.17) is 0 Å². The first-order valence-corrected chi connectivity index (χ1v) is 10.1. The molecule has 1 aromatic heterocycles. The van der Waals surface area contributed by atoms with Crippen LogP contribution in [0.4, 0.5) is 0 Å². The number of hydrogen-bond donors (Lipinski definition) is 1. The van der Waals surface area contributed by atoms with E-state index >= 15 is 0 Å². The van der Waals surface area contributed by atoms with Gasteiger partial charge in [0.25, 0.3) is 0 Å². The van der Waals surface area contributed by atoms with Crippen molar-refractivity contribution in [3.63, 3.8) is 0 Å². The summed E-state index contributed by atoms with van der Waals surface area (Å²) in [4.78, 5) is 12.4. The summed E-state index contributed by atoms with van der Waals surface area (Å²) in [6.07, 6.45) is 3.44. The molecule has 0 aliphatic heterocycles. The van der Waals surface area contributed by atoms with Crippen LogP contribution in [0.1, 0.15) is 28.7 Å². The first-order valence-electron chi connectivity index (χ1n) is 10.1. The van der Waals surface area contributed by atoms with Gasteiger partial charge >= 0.3 is 0 Å². The van der Waals surface area contributed by atoms with Crippen molar-refractivity contribution in [2.24, 2.45) is 0 Å². The summed E-state index contributed by atoms with van der Waals surface area (Å²) in [6.45, 7) is 3.57. The molecule has 1 N–H and O–H groups in total. The first-order chi connectivity index (χ1) is 14.2. The zero-order valence-corrected chi connectivity index (χ0v) is 16.8. The van der Waals surface area contributed by atoms with Gasteiger partial charge in [-0.15, -0.1) is 0 Å². The van der Waals surface area contributed by atoms with Crippen LogP contribution in [0.15, 0.2) is 85.1 Å². The molecule has 0 aliphatic carbocycles. The fourth-order valence-corrected chi connectivity index (χ4v) is 3.76.